The zero-order valence-electron chi connectivity index (χ0n) is 15.8. The Balaban J connectivity index is 1.73. The molecule has 0 saturated carbocycles. The highest BCUT2D eigenvalue weighted by Gasteiger charge is 2.67. The van der Waals surface area contributed by atoms with Crippen molar-refractivity contribution in [3.63, 3.8) is 0 Å². The molecule has 2 aromatic carbocycles. The summed E-state index contributed by atoms with van der Waals surface area (Å²) in [6, 6.07) is 11.9. The van der Waals surface area contributed by atoms with Crippen molar-refractivity contribution in [2.45, 2.75) is 36.1 Å². The van der Waals surface area contributed by atoms with Crippen molar-refractivity contribution >= 4 is 11.6 Å². The first-order valence-corrected chi connectivity index (χ1v) is 9.64. The van der Waals surface area contributed by atoms with Crippen molar-refractivity contribution in [1.29, 1.82) is 0 Å². The lowest BCUT2D eigenvalue weighted by atomic mass is 9.83. The summed E-state index contributed by atoms with van der Waals surface area (Å²) in [5, 5.41) is 41.4. The zero-order valence-corrected chi connectivity index (χ0v) is 16.5. The Morgan fingerprint density at radius 2 is 1.86 bits per heavy atom. The smallest absolute Gasteiger partial charge is 0.225 e. The van der Waals surface area contributed by atoms with E-state index in [1.807, 2.05) is 0 Å². The number of benzene rings is 2. The normalized spacial score (nSPS) is 33.8. The summed E-state index contributed by atoms with van der Waals surface area (Å²) in [7, 11) is 1.37. The third-order valence-electron chi connectivity index (χ3n) is 5.76. The molecule has 7 nitrogen and oxygen atoms in total. The number of phenolic OH excluding ortho intramolecular Hbond substituents is 1. The second-order valence-electron chi connectivity index (χ2n) is 7.52. The van der Waals surface area contributed by atoms with Gasteiger partial charge in [-0.25, -0.2) is 0 Å². The van der Waals surface area contributed by atoms with Crippen LogP contribution < -0.4 is 0 Å². The summed E-state index contributed by atoms with van der Waals surface area (Å²) in [4.78, 5) is 0. The molecule has 29 heavy (non-hydrogen) atoms. The molecular weight excluding hydrogens is 400 g/mol. The van der Waals surface area contributed by atoms with Crippen molar-refractivity contribution in [2.75, 3.05) is 20.3 Å². The van der Waals surface area contributed by atoms with E-state index in [0.29, 0.717) is 17.0 Å². The Morgan fingerprint density at radius 1 is 1.14 bits per heavy atom. The predicted molar refractivity (Wildman–Crippen MR) is 104 cm³/mol. The van der Waals surface area contributed by atoms with Crippen LogP contribution in [0.3, 0.4) is 0 Å². The zero-order chi connectivity index (χ0) is 20.8. The van der Waals surface area contributed by atoms with Gasteiger partial charge in [0.05, 0.1) is 13.2 Å². The Kier molecular flexibility index (Phi) is 5.33. The van der Waals surface area contributed by atoms with E-state index >= 15 is 0 Å². The third-order valence-corrected chi connectivity index (χ3v) is 6.12. The SMILES string of the molecule is COC1C(O)C2(CO)COC(c3ccc(Cl)c(Cc4ccc(O)cc4)c3)(O2)C1O. The quantitative estimate of drug-likeness (QED) is 0.575. The van der Waals surface area contributed by atoms with E-state index in [2.05, 4.69) is 0 Å². The number of methoxy groups -OCH3 is 1. The van der Waals surface area contributed by atoms with Gasteiger partial charge in [0.15, 0.2) is 0 Å². The van der Waals surface area contributed by atoms with Gasteiger partial charge in [-0.2, -0.15) is 0 Å². The van der Waals surface area contributed by atoms with E-state index in [1.54, 1.807) is 42.5 Å². The van der Waals surface area contributed by atoms with E-state index in [9.17, 15) is 20.4 Å². The van der Waals surface area contributed by atoms with Crippen LogP contribution in [0.5, 0.6) is 5.75 Å². The highest BCUT2D eigenvalue weighted by molar-refractivity contribution is 6.31. The highest BCUT2D eigenvalue weighted by atomic mass is 35.5. The van der Waals surface area contributed by atoms with Crippen LogP contribution in [-0.2, 0) is 26.4 Å². The number of aliphatic hydroxyl groups excluding tert-OH is 3. The molecule has 5 atom stereocenters. The van der Waals surface area contributed by atoms with Gasteiger partial charge in [0.1, 0.15) is 29.7 Å². The van der Waals surface area contributed by atoms with Crippen LogP contribution in [0.1, 0.15) is 16.7 Å². The van der Waals surface area contributed by atoms with Gasteiger partial charge in [0.25, 0.3) is 0 Å². The minimum atomic E-state index is -1.60. The second-order valence-corrected chi connectivity index (χ2v) is 7.93. The number of halogens is 1. The molecule has 2 heterocycles. The third kappa shape index (κ3) is 3.23. The van der Waals surface area contributed by atoms with E-state index in [0.717, 1.165) is 11.1 Å². The van der Waals surface area contributed by atoms with E-state index in [-0.39, 0.29) is 12.4 Å². The van der Waals surface area contributed by atoms with Gasteiger partial charge >= 0.3 is 0 Å². The average Bonchev–Trinajstić information content (AvgIpc) is 3.10. The molecule has 0 spiro atoms. The van der Waals surface area contributed by atoms with Crippen LogP contribution in [0.25, 0.3) is 0 Å². The van der Waals surface area contributed by atoms with Gasteiger partial charge in [-0.15, -0.1) is 0 Å². The molecule has 2 fully saturated rings. The average molecular weight is 423 g/mol. The number of fused-ring (bicyclic) bond motifs is 2. The number of hydrogen-bond donors (Lipinski definition) is 4. The lowest BCUT2D eigenvalue weighted by molar-refractivity contribution is -0.332. The molecule has 0 aromatic heterocycles. The monoisotopic (exact) mass is 422 g/mol. The minimum absolute atomic E-state index is 0.0997. The molecule has 0 amide bonds. The first-order chi connectivity index (χ1) is 13.8. The Morgan fingerprint density at radius 3 is 2.52 bits per heavy atom. The summed E-state index contributed by atoms with van der Waals surface area (Å²) < 4.78 is 17.2. The van der Waals surface area contributed by atoms with Gasteiger partial charge in [0, 0.05) is 17.7 Å². The molecule has 156 valence electrons. The molecule has 2 aliphatic heterocycles. The maximum absolute atomic E-state index is 10.9. The number of hydrogen-bond acceptors (Lipinski definition) is 7. The van der Waals surface area contributed by atoms with E-state index in [4.69, 9.17) is 25.8 Å². The van der Waals surface area contributed by atoms with Crippen LogP contribution in [0.4, 0.5) is 0 Å². The molecule has 2 aliphatic rings. The van der Waals surface area contributed by atoms with Crippen LogP contribution >= 0.6 is 11.6 Å². The summed E-state index contributed by atoms with van der Waals surface area (Å²) in [6.45, 7) is -0.589. The maximum Gasteiger partial charge on any atom is 0.225 e. The Hall–Kier alpha value is -1.71. The molecule has 2 aromatic rings. The molecule has 8 heteroatoms. The summed E-state index contributed by atoms with van der Waals surface area (Å²) >= 11 is 6.39. The number of phenols is 1. The maximum atomic E-state index is 10.9. The minimum Gasteiger partial charge on any atom is -0.508 e. The summed E-state index contributed by atoms with van der Waals surface area (Å²) in [5.41, 5.74) is 0.820. The topological polar surface area (TPSA) is 109 Å². The number of ether oxygens (including phenoxy) is 3. The predicted octanol–water partition coefficient (Wildman–Crippen LogP) is 1.32. The van der Waals surface area contributed by atoms with Crippen LogP contribution in [0.15, 0.2) is 42.5 Å². The molecule has 5 unspecified atom stereocenters. The van der Waals surface area contributed by atoms with Gasteiger partial charge in [-0.3, -0.25) is 0 Å². The van der Waals surface area contributed by atoms with Crippen molar-refractivity contribution in [3.8, 4) is 5.75 Å². The fourth-order valence-corrected chi connectivity index (χ4v) is 4.26. The van der Waals surface area contributed by atoms with Crippen molar-refractivity contribution < 1.29 is 34.6 Å². The van der Waals surface area contributed by atoms with Gasteiger partial charge in [0.2, 0.25) is 5.79 Å². The fourth-order valence-electron chi connectivity index (χ4n) is 4.07. The molecule has 2 bridgehead atoms. The largest absolute Gasteiger partial charge is 0.508 e. The van der Waals surface area contributed by atoms with Crippen molar-refractivity contribution in [2.24, 2.45) is 0 Å². The van der Waals surface area contributed by atoms with Crippen LogP contribution in [0, 0.1) is 0 Å². The molecule has 2 saturated heterocycles. The molecule has 4 rings (SSSR count). The van der Waals surface area contributed by atoms with E-state index < -0.39 is 36.3 Å². The van der Waals surface area contributed by atoms with Gasteiger partial charge in [-0.1, -0.05) is 29.8 Å². The lowest BCUT2D eigenvalue weighted by Gasteiger charge is -2.47. The molecule has 0 radical (unpaired) electrons. The van der Waals surface area contributed by atoms with Crippen LogP contribution in [-0.4, -0.2) is 64.7 Å². The van der Waals surface area contributed by atoms with Crippen molar-refractivity contribution in [1.82, 2.24) is 0 Å². The molecule has 0 aliphatic carbocycles. The van der Waals surface area contributed by atoms with E-state index in [1.165, 1.54) is 7.11 Å². The van der Waals surface area contributed by atoms with Crippen LogP contribution in [0.2, 0.25) is 5.02 Å². The number of aliphatic hydroxyl groups is 3. The lowest BCUT2D eigenvalue weighted by Crippen LogP contribution is -2.66. The molecular formula is C21H23ClO7. The second kappa shape index (κ2) is 7.52. The summed E-state index contributed by atoms with van der Waals surface area (Å²) in [5.74, 6) is -1.42. The first-order valence-electron chi connectivity index (χ1n) is 9.26. The Bertz CT molecular complexity index is 889. The number of aromatic hydroxyl groups is 1. The highest BCUT2D eigenvalue weighted by Crippen LogP contribution is 2.50. The van der Waals surface area contributed by atoms with Crippen molar-refractivity contribution in [3.05, 3.63) is 64.2 Å². The van der Waals surface area contributed by atoms with Gasteiger partial charge in [-0.05, 0) is 41.8 Å². The van der Waals surface area contributed by atoms with Gasteiger partial charge < -0.3 is 34.6 Å². The fraction of sp³-hybridized carbons (Fsp3) is 0.429. The Labute approximate surface area is 173 Å². The summed E-state index contributed by atoms with van der Waals surface area (Å²) in [6.07, 6.45) is -3.10. The first kappa shape index (κ1) is 20.6. The standard InChI is InChI=1S/C21H23ClO7/c1-27-17-18(25)20(10-23)11-28-21(29-20,19(17)26)14-4-7-16(22)13(9-14)8-12-2-5-15(24)6-3-12/h2-7,9,17-19,23-26H,8,10-11H2,1H3. The number of rotatable bonds is 5. The molecule has 4 N–H and O–H groups in total.